The molecule has 0 fully saturated rings. The van der Waals surface area contributed by atoms with Crippen LogP contribution in [-0.2, 0) is 29.7 Å². The summed E-state index contributed by atoms with van der Waals surface area (Å²) >= 11 is 0. The summed E-state index contributed by atoms with van der Waals surface area (Å²) in [6.45, 7) is 7.21. The van der Waals surface area contributed by atoms with Crippen molar-refractivity contribution >= 4 is 22.5 Å². The van der Waals surface area contributed by atoms with E-state index in [2.05, 4.69) is 9.88 Å². The molecule has 162 valence electrons. The first-order chi connectivity index (χ1) is 14.0. The SMILES string of the molecule is CCOC(C)(C)c1nc2c(Nc3ccccc3)nc3c(c2n1CCO)CCCC3.O. The van der Waals surface area contributed by atoms with Gasteiger partial charge in [0.15, 0.2) is 5.82 Å². The van der Waals surface area contributed by atoms with E-state index >= 15 is 0 Å². The highest BCUT2D eigenvalue weighted by molar-refractivity contribution is 5.91. The number of ether oxygens (including phenoxy) is 1. The van der Waals surface area contributed by atoms with Gasteiger partial charge in [-0.25, -0.2) is 9.97 Å². The number of nitrogens with zero attached hydrogens (tertiary/aromatic N) is 3. The van der Waals surface area contributed by atoms with Gasteiger partial charge >= 0.3 is 0 Å². The number of nitrogens with one attached hydrogen (secondary N) is 1. The second-order valence-corrected chi connectivity index (χ2v) is 8.03. The molecule has 0 atom stereocenters. The van der Waals surface area contributed by atoms with E-state index in [1.807, 2.05) is 51.1 Å². The van der Waals surface area contributed by atoms with E-state index in [1.54, 1.807) is 0 Å². The fourth-order valence-corrected chi connectivity index (χ4v) is 4.33. The van der Waals surface area contributed by atoms with Crippen LogP contribution in [0.5, 0.6) is 0 Å². The molecule has 0 saturated heterocycles. The Hall–Kier alpha value is -2.48. The van der Waals surface area contributed by atoms with Crippen molar-refractivity contribution in [3.63, 3.8) is 0 Å². The van der Waals surface area contributed by atoms with Gasteiger partial charge < -0.3 is 25.2 Å². The molecule has 4 N–H and O–H groups in total. The molecule has 0 spiro atoms. The minimum Gasteiger partial charge on any atom is -0.412 e. The van der Waals surface area contributed by atoms with Gasteiger partial charge in [-0.2, -0.15) is 0 Å². The zero-order valence-corrected chi connectivity index (χ0v) is 18.0. The van der Waals surface area contributed by atoms with Crippen molar-refractivity contribution in [3.05, 3.63) is 47.4 Å². The summed E-state index contributed by atoms with van der Waals surface area (Å²) in [7, 11) is 0. The summed E-state index contributed by atoms with van der Waals surface area (Å²) in [5, 5.41) is 13.3. The molecule has 0 unspecified atom stereocenters. The number of hydrogen-bond donors (Lipinski definition) is 2. The Kier molecular flexibility index (Phi) is 6.75. The third-order valence-corrected chi connectivity index (χ3v) is 5.57. The maximum absolute atomic E-state index is 9.81. The van der Waals surface area contributed by atoms with Crippen LogP contribution in [0.2, 0.25) is 0 Å². The van der Waals surface area contributed by atoms with Crippen LogP contribution < -0.4 is 5.32 Å². The van der Waals surface area contributed by atoms with Gasteiger partial charge in [0.05, 0.1) is 12.1 Å². The molecule has 7 heteroatoms. The van der Waals surface area contributed by atoms with Crippen molar-refractivity contribution in [1.82, 2.24) is 14.5 Å². The molecule has 0 aliphatic heterocycles. The number of benzene rings is 1. The highest BCUT2D eigenvalue weighted by Gasteiger charge is 2.31. The fourth-order valence-electron chi connectivity index (χ4n) is 4.33. The smallest absolute Gasteiger partial charge is 0.158 e. The molecule has 0 bridgehead atoms. The van der Waals surface area contributed by atoms with Gasteiger partial charge in [-0.15, -0.1) is 0 Å². The van der Waals surface area contributed by atoms with Crippen LogP contribution in [0.15, 0.2) is 30.3 Å². The summed E-state index contributed by atoms with van der Waals surface area (Å²) in [6.07, 6.45) is 4.28. The number of imidazole rings is 1. The van der Waals surface area contributed by atoms with E-state index in [0.717, 1.165) is 59.7 Å². The summed E-state index contributed by atoms with van der Waals surface area (Å²) in [4.78, 5) is 10.0. The molecular formula is C23H32N4O3. The zero-order valence-electron chi connectivity index (χ0n) is 18.0. The molecule has 1 aromatic carbocycles. The molecule has 1 aliphatic carbocycles. The van der Waals surface area contributed by atoms with Crippen LogP contribution in [-0.4, -0.2) is 38.3 Å². The molecule has 0 amide bonds. The molecule has 0 radical (unpaired) electrons. The second-order valence-electron chi connectivity index (χ2n) is 8.03. The molecule has 2 heterocycles. The number of anilines is 2. The lowest BCUT2D eigenvalue weighted by Crippen LogP contribution is -2.27. The fraction of sp³-hybridized carbons (Fsp3) is 0.478. The van der Waals surface area contributed by atoms with Crippen LogP contribution in [0.25, 0.3) is 11.0 Å². The number of aromatic nitrogens is 3. The largest absolute Gasteiger partial charge is 0.412 e. The first-order valence-electron chi connectivity index (χ1n) is 10.5. The Labute approximate surface area is 177 Å². The molecule has 2 aromatic heterocycles. The minimum absolute atomic E-state index is 0. The van der Waals surface area contributed by atoms with Gasteiger partial charge in [-0.1, -0.05) is 18.2 Å². The number of aliphatic hydroxyl groups excluding tert-OH is 1. The number of para-hydroxylation sites is 1. The van der Waals surface area contributed by atoms with E-state index in [0.29, 0.717) is 13.2 Å². The summed E-state index contributed by atoms with van der Waals surface area (Å²) in [5.74, 6) is 1.61. The van der Waals surface area contributed by atoms with E-state index in [-0.39, 0.29) is 12.1 Å². The third kappa shape index (κ3) is 4.05. The van der Waals surface area contributed by atoms with E-state index < -0.39 is 5.60 Å². The minimum atomic E-state index is -0.561. The molecule has 1 aliphatic rings. The molecule has 3 aromatic rings. The van der Waals surface area contributed by atoms with E-state index in [1.165, 1.54) is 5.56 Å². The topological polar surface area (TPSA) is 104 Å². The molecular weight excluding hydrogens is 380 g/mol. The van der Waals surface area contributed by atoms with Gasteiger partial charge in [0.1, 0.15) is 16.9 Å². The number of hydrogen-bond acceptors (Lipinski definition) is 5. The highest BCUT2D eigenvalue weighted by atomic mass is 16.5. The van der Waals surface area contributed by atoms with Gasteiger partial charge in [-0.05, 0) is 64.2 Å². The Morgan fingerprint density at radius 2 is 1.87 bits per heavy atom. The zero-order chi connectivity index (χ0) is 20.4. The Balaban J connectivity index is 0.00000256. The van der Waals surface area contributed by atoms with Gasteiger partial charge in [0.2, 0.25) is 0 Å². The monoisotopic (exact) mass is 412 g/mol. The first-order valence-corrected chi connectivity index (χ1v) is 10.5. The number of pyridine rings is 1. The second kappa shape index (κ2) is 9.12. The molecule has 0 saturated carbocycles. The Bertz CT molecular complexity index is 999. The highest BCUT2D eigenvalue weighted by Crippen LogP contribution is 2.36. The van der Waals surface area contributed by atoms with Gasteiger partial charge in [-0.3, -0.25) is 0 Å². The normalized spacial score (nSPS) is 13.7. The number of rotatable bonds is 7. The van der Waals surface area contributed by atoms with Gasteiger partial charge in [0, 0.05) is 24.5 Å². The number of aryl methyl sites for hydroxylation is 2. The average Bonchev–Trinajstić information content (AvgIpc) is 3.10. The van der Waals surface area contributed by atoms with Crippen molar-refractivity contribution in [2.45, 2.75) is 58.6 Å². The molecule has 30 heavy (non-hydrogen) atoms. The van der Waals surface area contributed by atoms with E-state index in [4.69, 9.17) is 14.7 Å². The van der Waals surface area contributed by atoms with Crippen LogP contribution in [0.3, 0.4) is 0 Å². The first kappa shape index (κ1) is 22.2. The lowest BCUT2D eigenvalue weighted by Gasteiger charge is -2.25. The maximum atomic E-state index is 9.81. The van der Waals surface area contributed by atoms with Crippen LogP contribution >= 0.6 is 0 Å². The van der Waals surface area contributed by atoms with Crippen LogP contribution in [0.4, 0.5) is 11.5 Å². The summed E-state index contributed by atoms with van der Waals surface area (Å²) < 4.78 is 8.17. The van der Waals surface area contributed by atoms with Crippen LogP contribution in [0, 0.1) is 0 Å². The molecule has 7 nitrogen and oxygen atoms in total. The van der Waals surface area contributed by atoms with Crippen molar-refractivity contribution in [1.29, 1.82) is 0 Å². The third-order valence-electron chi connectivity index (χ3n) is 5.57. The lowest BCUT2D eigenvalue weighted by molar-refractivity contribution is -0.0232. The Morgan fingerprint density at radius 1 is 1.13 bits per heavy atom. The van der Waals surface area contributed by atoms with Crippen molar-refractivity contribution in [3.8, 4) is 0 Å². The number of fused-ring (bicyclic) bond motifs is 3. The predicted octanol–water partition coefficient (Wildman–Crippen LogP) is 3.49. The van der Waals surface area contributed by atoms with Crippen molar-refractivity contribution < 1.29 is 15.3 Å². The Morgan fingerprint density at radius 3 is 2.57 bits per heavy atom. The number of aliphatic hydroxyl groups is 1. The quantitative estimate of drug-likeness (QED) is 0.618. The summed E-state index contributed by atoms with van der Waals surface area (Å²) in [6, 6.07) is 10.1. The van der Waals surface area contributed by atoms with Gasteiger partial charge in [0.25, 0.3) is 0 Å². The lowest BCUT2D eigenvalue weighted by atomic mass is 9.94. The average molecular weight is 413 g/mol. The van der Waals surface area contributed by atoms with E-state index in [9.17, 15) is 5.11 Å². The van der Waals surface area contributed by atoms with Crippen molar-refractivity contribution in [2.75, 3.05) is 18.5 Å². The maximum Gasteiger partial charge on any atom is 0.158 e. The standard InChI is InChI=1S/C23H30N4O2.H2O/c1-4-29-23(2,3)22-26-19-20(27(22)14-15-28)17-12-8-9-13-18(17)25-21(19)24-16-10-6-5-7-11-16;/h5-7,10-11,28H,4,8-9,12-15H2,1-3H3,(H,24,25);1H2. The van der Waals surface area contributed by atoms with Crippen LogP contribution in [0.1, 0.15) is 50.7 Å². The summed E-state index contributed by atoms with van der Waals surface area (Å²) in [5.41, 5.74) is 4.77. The van der Waals surface area contributed by atoms with Crippen molar-refractivity contribution in [2.24, 2.45) is 0 Å². The predicted molar refractivity (Wildman–Crippen MR) is 119 cm³/mol. The molecule has 4 rings (SSSR count).